The third-order valence-corrected chi connectivity index (χ3v) is 6.21. The van der Waals surface area contributed by atoms with Gasteiger partial charge in [0.2, 0.25) is 15.9 Å². The summed E-state index contributed by atoms with van der Waals surface area (Å²) in [6.45, 7) is 4.06. The van der Waals surface area contributed by atoms with Gasteiger partial charge in [-0.05, 0) is 44.4 Å². The molecule has 0 unspecified atom stereocenters. The van der Waals surface area contributed by atoms with E-state index >= 15 is 0 Å². The maximum Gasteiger partial charge on any atom is 0.335 e. The molecule has 0 aliphatic carbocycles. The minimum Gasteiger partial charge on any atom is -0.478 e. The van der Waals surface area contributed by atoms with Gasteiger partial charge in [-0.1, -0.05) is 6.07 Å². The second-order valence-electron chi connectivity index (χ2n) is 5.90. The van der Waals surface area contributed by atoms with Crippen LogP contribution in [0.5, 0.6) is 0 Å². The van der Waals surface area contributed by atoms with Crippen LogP contribution in [0.3, 0.4) is 0 Å². The number of carboxylic acids is 1. The molecule has 2 rings (SSSR count). The van der Waals surface area contributed by atoms with Crippen LogP contribution in [0, 0.1) is 12.8 Å². The fraction of sp³-hybridized carbons (Fsp3) is 0.500. The summed E-state index contributed by atoms with van der Waals surface area (Å²) >= 11 is 0. The number of carbonyl (C=O) groups is 2. The highest BCUT2D eigenvalue weighted by atomic mass is 32.2. The van der Waals surface area contributed by atoms with E-state index in [4.69, 9.17) is 5.11 Å². The summed E-state index contributed by atoms with van der Waals surface area (Å²) in [7, 11) is -3.21. The van der Waals surface area contributed by atoms with Gasteiger partial charge < -0.3 is 10.4 Å². The minimum absolute atomic E-state index is 0.0606. The standard InChI is InChI=1S/C16H22N2O5S/c1-3-24(22,23)18-8-6-12(7-9-18)15(19)17-14-10-13(16(20)21)5-4-11(14)2/h4-5,10,12H,3,6-9H2,1-2H3,(H,17,19)(H,20,21). The first-order valence-electron chi connectivity index (χ1n) is 7.87. The molecule has 1 saturated heterocycles. The molecule has 0 saturated carbocycles. The number of rotatable bonds is 5. The lowest BCUT2D eigenvalue weighted by molar-refractivity contribution is -0.120. The number of piperidine rings is 1. The first kappa shape index (κ1) is 18.4. The number of anilines is 1. The molecule has 1 fully saturated rings. The Labute approximate surface area is 141 Å². The van der Waals surface area contributed by atoms with Crippen molar-refractivity contribution in [3.05, 3.63) is 29.3 Å². The molecule has 0 radical (unpaired) electrons. The van der Waals surface area contributed by atoms with E-state index < -0.39 is 16.0 Å². The van der Waals surface area contributed by atoms with Crippen molar-refractivity contribution >= 4 is 27.6 Å². The van der Waals surface area contributed by atoms with Crippen molar-refractivity contribution in [3.63, 3.8) is 0 Å². The molecular weight excluding hydrogens is 332 g/mol. The predicted octanol–water partition coefficient (Wildman–Crippen LogP) is 1.69. The lowest BCUT2D eigenvalue weighted by Gasteiger charge is -2.30. The molecule has 1 heterocycles. The molecule has 8 heteroatoms. The van der Waals surface area contributed by atoms with Crippen LogP contribution in [0.4, 0.5) is 5.69 Å². The SMILES string of the molecule is CCS(=O)(=O)N1CCC(C(=O)Nc2cc(C(=O)O)ccc2C)CC1. The number of hydrogen-bond donors (Lipinski definition) is 2. The molecule has 1 amide bonds. The monoisotopic (exact) mass is 354 g/mol. The second kappa shape index (κ2) is 7.31. The molecule has 0 atom stereocenters. The van der Waals surface area contributed by atoms with Crippen LogP contribution in [0.15, 0.2) is 18.2 Å². The summed E-state index contributed by atoms with van der Waals surface area (Å²) in [6, 6.07) is 4.57. The zero-order valence-corrected chi connectivity index (χ0v) is 14.6. The normalized spacial score (nSPS) is 16.8. The maximum atomic E-state index is 12.4. The van der Waals surface area contributed by atoms with Gasteiger partial charge in [0.05, 0.1) is 11.3 Å². The van der Waals surface area contributed by atoms with E-state index in [0.29, 0.717) is 31.6 Å². The van der Waals surface area contributed by atoms with Gasteiger partial charge in [0, 0.05) is 24.7 Å². The average molecular weight is 354 g/mol. The Morgan fingerprint density at radius 2 is 1.92 bits per heavy atom. The summed E-state index contributed by atoms with van der Waals surface area (Å²) in [5.74, 6) is -1.47. The van der Waals surface area contributed by atoms with E-state index in [1.807, 2.05) is 0 Å². The Kier molecular flexibility index (Phi) is 5.61. The molecule has 0 aromatic heterocycles. The second-order valence-corrected chi connectivity index (χ2v) is 8.16. The Bertz CT molecular complexity index is 737. The van der Waals surface area contributed by atoms with E-state index in [9.17, 15) is 18.0 Å². The summed E-state index contributed by atoms with van der Waals surface area (Å²) < 4.78 is 25.1. The zero-order valence-electron chi connectivity index (χ0n) is 13.8. The van der Waals surface area contributed by atoms with Gasteiger partial charge in [-0.2, -0.15) is 0 Å². The van der Waals surface area contributed by atoms with Gasteiger partial charge in [-0.15, -0.1) is 0 Å². The predicted molar refractivity (Wildman–Crippen MR) is 90.5 cm³/mol. The molecular formula is C16H22N2O5S. The molecule has 7 nitrogen and oxygen atoms in total. The van der Waals surface area contributed by atoms with E-state index in [-0.39, 0.29) is 23.1 Å². The van der Waals surface area contributed by atoms with Crippen LogP contribution in [-0.4, -0.2) is 48.5 Å². The number of aryl methyl sites for hydroxylation is 1. The number of sulfonamides is 1. The van der Waals surface area contributed by atoms with Gasteiger partial charge in [-0.3, -0.25) is 4.79 Å². The largest absolute Gasteiger partial charge is 0.478 e. The number of carbonyl (C=O) groups excluding carboxylic acids is 1. The fourth-order valence-electron chi connectivity index (χ4n) is 2.70. The molecule has 24 heavy (non-hydrogen) atoms. The van der Waals surface area contributed by atoms with Gasteiger partial charge in [-0.25, -0.2) is 17.5 Å². The van der Waals surface area contributed by atoms with Gasteiger partial charge in [0.15, 0.2) is 0 Å². The van der Waals surface area contributed by atoms with E-state index in [2.05, 4.69) is 5.32 Å². The Balaban J connectivity index is 2.02. The highest BCUT2D eigenvalue weighted by molar-refractivity contribution is 7.89. The molecule has 132 valence electrons. The minimum atomic E-state index is -3.21. The summed E-state index contributed by atoms with van der Waals surface area (Å²) in [5.41, 5.74) is 1.36. The summed E-state index contributed by atoms with van der Waals surface area (Å²) in [4.78, 5) is 23.4. The Hall–Kier alpha value is -1.93. The Morgan fingerprint density at radius 3 is 2.46 bits per heavy atom. The highest BCUT2D eigenvalue weighted by Crippen LogP contribution is 2.23. The van der Waals surface area contributed by atoms with Crippen LogP contribution in [0.25, 0.3) is 0 Å². The number of hydrogen-bond acceptors (Lipinski definition) is 4. The van der Waals surface area contributed by atoms with Crippen LogP contribution < -0.4 is 5.32 Å². The third-order valence-electron chi connectivity index (χ3n) is 4.33. The maximum absolute atomic E-state index is 12.4. The lowest BCUT2D eigenvalue weighted by atomic mass is 9.97. The van der Waals surface area contributed by atoms with Crippen LogP contribution in [0.1, 0.15) is 35.7 Å². The molecule has 2 N–H and O–H groups in total. The Morgan fingerprint density at radius 1 is 1.29 bits per heavy atom. The molecule has 1 aromatic rings. The van der Waals surface area contributed by atoms with Crippen molar-refractivity contribution in [2.75, 3.05) is 24.2 Å². The first-order valence-corrected chi connectivity index (χ1v) is 9.48. The van der Waals surface area contributed by atoms with Crippen LogP contribution in [0.2, 0.25) is 0 Å². The van der Waals surface area contributed by atoms with Crippen LogP contribution in [-0.2, 0) is 14.8 Å². The van der Waals surface area contributed by atoms with E-state index in [0.717, 1.165) is 5.56 Å². The third kappa shape index (κ3) is 4.12. The lowest BCUT2D eigenvalue weighted by Crippen LogP contribution is -2.42. The van der Waals surface area contributed by atoms with E-state index in [1.54, 1.807) is 19.9 Å². The van der Waals surface area contributed by atoms with Crippen molar-refractivity contribution in [1.82, 2.24) is 4.31 Å². The first-order chi connectivity index (χ1) is 11.2. The van der Waals surface area contributed by atoms with Crippen molar-refractivity contribution < 1.29 is 23.1 Å². The highest BCUT2D eigenvalue weighted by Gasteiger charge is 2.30. The number of benzene rings is 1. The summed E-state index contributed by atoms with van der Waals surface area (Å²) in [6.07, 6.45) is 0.922. The quantitative estimate of drug-likeness (QED) is 0.837. The number of carboxylic acid groups (broad SMARTS) is 1. The molecule has 1 aromatic carbocycles. The molecule has 1 aliphatic rings. The van der Waals surface area contributed by atoms with Crippen molar-refractivity contribution in [3.8, 4) is 0 Å². The topological polar surface area (TPSA) is 104 Å². The van der Waals surface area contributed by atoms with Crippen molar-refractivity contribution in [2.45, 2.75) is 26.7 Å². The molecule has 1 aliphatic heterocycles. The number of nitrogens with one attached hydrogen (secondary N) is 1. The smallest absolute Gasteiger partial charge is 0.335 e. The number of amides is 1. The summed E-state index contributed by atoms with van der Waals surface area (Å²) in [5, 5.41) is 11.8. The number of aromatic carboxylic acids is 1. The van der Waals surface area contributed by atoms with E-state index in [1.165, 1.54) is 16.4 Å². The van der Waals surface area contributed by atoms with Gasteiger partial charge in [0.25, 0.3) is 0 Å². The van der Waals surface area contributed by atoms with Gasteiger partial charge in [0.1, 0.15) is 0 Å². The van der Waals surface area contributed by atoms with Gasteiger partial charge >= 0.3 is 5.97 Å². The fourth-order valence-corrected chi connectivity index (χ4v) is 3.84. The zero-order chi connectivity index (χ0) is 17.9. The molecule has 0 spiro atoms. The number of nitrogens with zero attached hydrogens (tertiary/aromatic N) is 1. The average Bonchev–Trinajstić information content (AvgIpc) is 2.56. The van der Waals surface area contributed by atoms with Crippen molar-refractivity contribution in [1.29, 1.82) is 0 Å². The van der Waals surface area contributed by atoms with Crippen LogP contribution >= 0.6 is 0 Å². The van der Waals surface area contributed by atoms with Crippen molar-refractivity contribution in [2.24, 2.45) is 5.92 Å². The molecule has 0 bridgehead atoms.